The van der Waals surface area contributed by atoms with Gasteiger partial charge in [0.1, 0.15) is 0 Å². The summed E-state index contributed by atoms with van der Waals surface area (Å²) in [6, 6.07) is 1.71. The molecule has 0 fully saturated rings. The molecular formula is C13H18N2O3. The van der Waals surface area contributed by atoms with Crippen molar-refractivity contribution < 1.29 is 14.7 Å². The van der Waals surface area contributed by atoms with Gasteiger partial charge < -0.3 is 10.4 Å². The number of carboxylic acid groups (broad SMARTS) is 1. The first-order valence-electron chi connectivity index (χ1n) is 5.82. The molecular weight excluding hydrogens is 232 g/mol. The number of nitrogens with one attached hydrogen (secondary N) is 1. The van der Waals surface area contributed by atoms with E-state index in [1.165, 1.54) is 6.20 Å². The molecule has 0 saturated heterocycles. The normalized spacial score (nSPS) is 13.7. The zero-order valence-electron chi connectivity index (χ0n) is 10.9. The Labute approximate surface area is 106 Å². The highest BCUT2D eigenvalue weighted by molar-refractivity contribution is 5.94. The molecule has 1 heterocycles. The van der Waals surface area contributed by atoms with Crippen LogP contribution >= 0.6 is 0 Å². The van der Waals surface area contributed by atoms with Gasteiger partial charge in [-0.2, -0.15) is 0 Å². The van der Waals surface area contributed by atoms with Gasteiger partial charge in [0.25, 0.3) is 5.91 Å². The zero-order chi connectivity index (χ0) is 13.8. The summed E-state index contributed by atoms with van der Waals surface area (Å²) in [7, 11) is 0. The van der Waals surface area contributed by atoms with Crippen molar-refractivity contribution in [2.24, 2.45) is 5.41 Å². The van der Waals surface area contributed by atoms with Gasteiger partial charge in [-0.3, -0.25) is 14.6 Å². The van der Waals surface area contributed by atoms with Crippen LogP contribution in [0.2, 0.25) is 0 Å². The fourth-order valence-corrected chi connectivity index (χ4v) is 1.41. The maximum absolute atomic E-state index is 11.8. The number of hydrogen-bond acceptors (Lipinski definition) is 3. The first kappa shape index (κ1) is 14.2. The van der Waals surface area contributed by atoms with E-state index in [4.69, 9.17) is 5.11 Å². The van der Waals surface area contributed by atoms with E-state index in [-0.39, 0.29) is 12.5 Å². The van der Waals surface area contributed by atoms with Crippen LogP contribution in [0.3, 0.4) is 0 Å². The van der Waals surface area contributed by atoms with Crippen LogP contribution < -0.4 is 5.32 Å². The highest BCUT2D eigenvalue weighted by atomic mass is 16.4. The number of aryl methyl sites for hydroxylation is 1. The Morgan fingerprint density at radius 2 is 2.11 bits per heavy atom. The van der Waals surface area contributed by atoms with Crippen molar-refractivity contribution in [3.63, 3.8) is 0 Å². The average molecular weight is 250 g/mol. The van der Waals surface area contributed by atoms with E-state index in [1.54, 1.807) is 26.1 Å². The van der Waals surface area contributed by atoms with Crippen LogP contribution in [-0.4, -0.2) is 28.5 Å². The Morgan fingerprint density at radius 1 is 1.44 bits per heavy atom. The summed E-state index contributed by atoms with van der Waals surface area (Å²) < 4.78 is 0. The Hall–Kier alpha value is -1.91. The van der Waals surface area contributed by atoms with E-state index in [2.05, 4.69) is 10.3 Å². The van der Waals surface area contributed by atoms with Crippen LogP contribution in [0, 0.1) is 12.3 Å². The van der Waals surface area contributed by atoms with Crippen molar-refractivity contribution in [2.75, 3.05) is 6.54 Å². The number of nitrogens with zero attached hydrogens (tertiary/aromatic N) is 1. The molecule has 1 unspecified atom stereocenters. The quantitative estimate of drug-likeness (QED) is 0.832. The number of aromatic nitrogens is 1. The lowest BCUT2D eigenvalue weighted by Gasteiger charge is -2.23. The fourth-order valence-electron chi connectivity index (χ4n) is 1.41. The molecule has 98 valence electrons. The number of carbonyl (C=O) groups is 2. The molecule has 18 heavy (non-hydrogen) atoms. The van der Waals surface area contributed by atoms with Crippen molar-refractivity contribution in [1.82, 2.24) is 10.3 Å². The minimum absolute atomic E-state index is 0.103. The van der Waals surface area contributed by atoms with Crippen LogP contribution in [0.4, 0.5) is 0 Å². The number of amides is 1. The van der Waals surface area contributed by atoms with E-state index in [1.807, 2.05) is 6.92 Å². The molecule has 1 amide bonds. The van der Waals surface area contributed by atoms with E-state index >= 15 is 0 Å². The summed E-state index contributed by atoms with van der Waals surface area (Å²) in [5.41, 5.74) is 0.394. The van der Waals surface area contributed by atoms with Crippen LogP contribution in [-0.2, 0) is 4.79 Å². The summed E-state index contributed by atoms with van der Waals surface area (Å²) in [6.07, 6.45) is 3.57. The number of aliphatic carboxylic acids is 1. The monoisotopic (exact) mass is 250 g/mol. The molecule has 1 rings (SSSR count). The molecule has 1 atom stereocenters. The lowest BCUT2D eigenvalue weighted by molar-refractivity contribution is -0.147. The SMILES string of the molecule is CCC(C)(CNC(=O)c1cncc(C)c1)C(=O)O. The van der Waals surface area contributed by atoms with Crippen LogP contribution in [0.1, 0.15) is 36.2 Å². The molecule has 0 aliphatic heterocycles. The largest absolute Gasteiger partial charge is 0.481 e. The summed E-state index contributed by atoms with van der Waals surface area (Å²) in [5.74, 6) is -1.21. The Morgan fingerprint density at radius 3 is 2.61 bits per heavy atom. The molecule has 1 aromatic rings. The fraction of sp³-hybridized carbons (Fsp3) is 0.462. The molecule has 1 aromatic heterocycles. The third-order valence-corrected chi connectivity index (χ3v) is 3.07. The Balaban J connectivity index is 2.69. The number of carbonyl (C=O) groups excluding carboxylic acids is 1. The molecule has 0 spiro atoms. The maximum Gasteiger partial charge on any atom is 0.311 e. The van der Waals surface area contributed by atoms with Gasteiger partial charge in [0.05, 0.1) is 11.0 Å². The van der Waals surface area contributed by atoms with Gasteiger partial charge in [-0.1, -0.05) is 6.92 Å². The molecule has 0 radical (unpaired) electrons. The molecule has 5 nitrogen and oxygen atoms in total. The lowest BCUT2D eigenvalue weighted by atomic mass is 9.87. The summed E-state index contributed by atoms with van der Waals surface area (Å²) >= 11 is 0. The molecule has 5 heteroatoms. The van der Waals surface area contributed by atoms with E-state index in [9.17, 15) is 9.59 Å². The van der Waals surface area contributed by atoms with Gasteiger partial charge in [-0.05, 0) is 31.9 Å². The van der Waals surface area contributed by atoms with Gasteiger partial charge in [-0.15, -0.1) is 0 Å². The standard InChI is InChI=1S/C13H18N2O3/c1-4-13(3,12(17)18)8-15-11(16)10-5-9(2)6-14-7-10/h5-7H,4,8H2,1-3H3,(H,15,16)(H,17,18). The average Bonchev–Trinajstić information content (AvgIpc) is 2.35. The zero-order valence-corrected chi connectivity index (χ0v) is 10.9. The van der Waals surface area contributed by atoms with Crippen LogP contribution in [0.25, 0.3) is 0 Å². The summed E-state index contributed by atoms with van der Waals surface area (Å²) in [6.45, 7) is 5.35. The second kappa shape index (κ2) is 5.62. The van der Waals surface area contributed by atoms with Crippen LogP contribution in [0.15, 0.2) is 18.5 Å². The number of rotatable bonds is 5. The number of hydrogen-bond donors (Lipinski definition) is 2. The van der Waals surface area contributed by atoms with E-state index in [0.717, 1.165) is 5.56 Å². The van der Waals surface area contributed by atoms with Gasteiger partial charge in [0, 0.05) is 18.9 Å². The van der Waals surface area contributed by atoms with Gasteiger partial charge in [0.15, 0.2) is 0 Å². The molecule has 0 bridgehead atoms. The minimum atomic E-state index is -0.938. The number of carboxylic acids is 1. The Kier molecular flexibility index (Phi) is 4.42. The second-order valence-electron chi connectivity index (χ2n) is 4.65. The molecule has 2 N–H and O–H groups in total. The van der Waals surface area contributed by atoms with Gasteiger partial charge in [0.2, 0.25) is 0 Å². The summed E-state index contributed by atoms with van der Waals surface area (Å²) in [4.78, 5) is 26.9. The molecule has 0 saturated carbocycles. The third kappa shape index (κ3) is 3.29. The van der Waals surface area contributed by atoms with Crippen molar-refractivity contribution >= 4 is 11.9 Å². The highest BCUT2D eigenvalue weighted by Gasteiger charge is 2.31. The van der Waals surface area contributed by atoms with Gasteiger partial charge >= 0.3 is 5.97 Å². The van der Waals surface area contributed by atoms with E-state index < -0.39 is 11.4 Å². The highest BCUT2D eigenvalue weighted by Crippen LogP contribution is 2.20. The first-order valence-corrected chi connectivity index (χ1v) is 5.82. The van der Waals surface area contributed by atoms with Crippen molar-refractivity contribution in [3.05, 3.63) is 29.6 Å². The van der Waals surface area contributed by atoms with Crippen molar-refractivity contribution in [3.8, 4) is 0 Å². The minimum Gasteiger partial charge on any atom is -0.481 e. The predicted octanol–water partition coefficient (Wildman–Crippen LogP) is 1.62. The van der Waals surface area contributed by atoms with E-state index in [0.29, 0.717) is 12.0 Å². The third-order valence-electron chi connectivity index (χ3n) is 3.07. The number of pyridine rings is 1. The smallest absolute Gasteiger partial charge is 0.311 e. The first-order chi connectivity index (χ1) is 8.39. The topological polar surface area (TPSA) is 79.3 Å². The lowest BCUT2D eigenvalue weighted by Crippen LogP contribution is -2.40. The summed E-state index contributed by atoms with van der Waals surface area (Å²) in [5, 5.41) is 11.7. The molecule has 0 aromatic carbocycles. The van der Waals surface area contributed by atoms with Crippen molar-refractivity contribution in [1.29, 1.82) is 0 Å². The predicted molar refractivity (Wildman–Crippen MR) is 67.3 cm³/mol. The second-order valence-corrected chi connectivity index (χ2v) is 4.65. The molecule has 0 aliphatic rings. The van der Waals surface area contributed by atoms with Crippen LogP contribution in [0.5, 0.6) is 0 Å². The molecule has 0 aliphatic carbocycles. The Bertz CT molecular complexity index is 459. The van der Waals surface area contributed by atoms with Gasteiger partial charge in [-0.25, -0.2) is 0 Å². The van der Waals surface area contributed by atoms with Crippen molar-refractivity contribution in [2.45, 2.75) is 27.2 Å². The maximum atomic E-state index is 11.8.